The number of thiazole rings is 1. The minimum Gasteiger partial charge on any atom is -0.316 e. The molecule has 1 heterocycles. The molecule has 0 fully saturated rings. The van der Waals surface area contributed by atoms with Crippen molar-refractivity contribution in [3.05, 3.63) is 69.2 Å². The van der Waals surface area contributed by atoms with Crippen LogP contribution in [0.4, 0.5) is 27.6 Å². The summed E-state index contributed by atoms with van der Waals surface area (Å²) in [6.07, 6.45) is -4.58. The van der Waals surface area contributed by atoms with Crippen molar-refractivity contribution in [3.63, 3.8) is 0 Å². The number of halogens is 6. The molecule has 0 bridgehead atoms. The van der Waals surface area contributed by atoms with Gasteiger partial charge in [-0.2, -0.15) is 13.2 Å². The van der Waals surface area contributed by atoms with Crippen LogP contribution in [0.2, 0.25) is 5.02 Å². The second kappa shape index (κ2) is 7.48. The van der Waals surface area contributed by atoms with Crippen LogP contribution in [-0.4, -0.2) is 10.9 Å². The van der Waals surface area contributed by atoms with Crippen molar-refractivity contribution >= 4 is 34.5 Å². The van der Waals surface area contributed by atoms with Crippen LogP contribution in [0.15, 0.2) is 36.4 Å². The van der Waals surface area contributed by atoms with Gasteiger partial charge in [-0.15, -0.1) is 11.3 Å². The fraction of sp³-hybridized carbons (Fsp3) is 0.111. The zero-order valence-electron chi connectivity index (χ0n) is 14.0. The van der Waals surface area contributed by atoms with E-state index >= 15 is 0 Å². The molecule has 0 atom stereocenters. The van der Waals surface area contributed by atoms with Gasteiger partial charge in [-0.25, -0.2) is 13.8 Å². The summed E-state index contributed by atoms with van der Waals surface area (Å²) in [6, 6.07) is 5.86. The summed E-state index contributed by atoms with van der Waals surface area (Å²) in [4.78, 5) is 16.5. The smallest absolute Gasteiger partial charge is 0.316 e. The van der Waals surface area contributed by atoms with Gasteiger partial charge in [-0.1, -0.05) is 17.7 Å². The number of hydrogen-bond donors (Lipinski definition) is 1. The topological polar surface area (TPSA) is 42.0 Å². The average molecular weight is 433 g/mol. The summed E-state index contributed by atoms with van der Waals surface area (Å²) >= 11 is 6.76. The number of benzene rings is 2. The number of hydrogen-bond acceptors (Lipinski definition) is 3. The van der Waals surface area contributed by atoms with Crippen LogP contribution in [0.3, 0.4) is 0 Å². The van der Waals surface area contributed by atoms with Crippen LogP contribution in [0.25, 0.3) is 10.6 Å². The van der Waals surface area contributed by atoms with Crippen LogP contribution < -0.4 is 5.32 Å². The van der Waals surface area contributed by atoms with Crippen molar-refractivity contribution in [2.45, 2.75) is 13.1 Å². The molecule has 0 saturated heterocycles. The lowest BCUT2D eigenvalue weighted by molar-refractivity contribution is -0.137. The van der Waals surface area contributed by atoms with E-state index in [1.54, 1.807) is 0 Å². The minimum absolute atomic E-state index is 0.000661. The lowest BCUT2D eigenvalue weighted by atomic mass is 10.1. The summed E-state index contributed by atoms with van der Waals surface area (Å²) in [7, 11) is 0. The fourth-order valence-electron chi connectivity index (χ4n) is 2.38. The van der Waals surface area contributed by atoms with Gasteiger partial charge in [0, 0.05) is 5.56 Å². The monoisotopic (exact) mass is 432 g/mol. The van der Waals surface area contributed by atoms with E-state index in [-0.39, 0.29) is 26.2 Å². The Balaban J connectivity index is 1.97. The third-order valence-electron chi connectivity index (χ3n) is 3.73. The average Bonchev–Trinajstić information content (AvgIpc) is 2.99. The third-order valence-corrected chi connectivity index (χ3v) is 5.25. The molecule has 1 N–H and O–H groups in total. The van der Waals surface area contributed by atoms with Gasteiger partial charge in [0.05, 0.1) is 16.3 Å². The molecule has 3 aromatic rings. The van der Waals surface area contributed by atoms with Crippen molar-refractivity contribution in [2.75, 3.05) is 5.32 Å². The van der Waals surface area contributed by atoms with E-state index < -0.39 is 35.0 Å². The first-order valence-corrected chi connectivity index (χ1v) is 8.87. The molecule has 1 aromatic heterocycles. The van der Waals surface area contributed by atoms with Gasteiger partial charge in [0.1, 0.15) is 27.2 Å². The molecule has 0 saturated carbocycles. The highest BCUT2D eigenvalue weighted by molar-refractivity contribution is 7.17. The lowest BCUT2D eigenvalue weighted by Gasteiger charge is -2.09. The predicted molar refractivity (Wildman–Crippen MR) is 96.6 cm³/mol. The molecule has 0 unspecified atom stereocenters. The second-order valence-electron chi connectivity index (χ2n) is 5.68. The van der Waals surface area contributed by atoms with Crippen LogP contribution in [-0.2, 0) is 6.18 Å². The molecule has 0 aliphatic carbocycles. The van der Waals surface area contributed by atoms with Crippen molar-refractivity contribution < 1.29 is 26.7 Å². The number of nitrogens with zero attached hydrogens (tertiary/aromatic N) is 1. The number of anilines is 1. The molecule has 0 radical (unpaired) electrons. The van der Waals surface area contributed by atoms with Crippen LogP contribution >= 0.6 is 22.9 Å². The predicted octanol–water partition coefficient (Wildman–Crippen LogP) is 6.32. The summed E-state index contributed by atoms with van der Waals surface area (Å²) in [5, 5.41) is 2.22. The molecule has 0 aliphatic heterocycles. The minimum atomic E-state index is -4.58. The van der Waals surface area contributed by atoms with Gasteiger partial charge >= 0.3 is 6.18 Å². The summed E-state index contributed by atoms with van der Waals surface area (Å²) in [5.41, 5.74) is -1.36. The van der Waals surface area contributed by atoms with E-state index in [0.29, 0.717) is 0 Å². The number of para-hydroxylation sites is 1. The molecule has 0 spiro atoms. The Bertz CT molecular complexity index is 1040. The Morgan fingerprint density at radius 2 is 1.79 bits per heavy atom. The highest BCUT2D eigenvalue weighted by atomic mass is 35.5. The number of aromatic nitrogens is 1. The number of alkyl halides is 3. The van der Waals surface area contributed by atoms with Crippen molar-refractivity contribution in [1.82, 2.24) is 4.98 Å². The van der Waals surface area contributed by atoms with Crippen molar-refractivity contribution in [1.29, 1.82) is 0 Å². The number of amides is 1. The maximum atomic E-state index is 13.7. The van der Waals surface area contributed by atoms with Crippen molar-refractivity contribution in [2.24, 2.45) is 0 Å². The Morgan fingerprint density at radius 3 is 2.39 bits per heavy atom. The summed E-state index contributed by atoms with van der Waals surface area (Å²) in [5.74, 6) is -2.76. The number of carbonyl (C=O) groups is 1. The molecule has 146 valence electrons. The molecular formula is C18H10ClF5N2OS. The van der Waals surface area contributed by atoms with Crippen molar-refractivity contribution in [3.8, 4) is 10.6 Å². The quantitative estimate of drug-likeness (QED) is 0.492. The normalized spacial score (nSPS) is 11.5. The first-order chi connectivity index (χ1) is 13.1. The standard InChI is InChI=1S/C18H10ClF5N2OS/c1-8-15(16(27)26-14-12(20)3-2-4-13(14)21)28-17(25-8)10-7-9(18(22,23)24)5-6-11(10)19/h2-7H,1H3,(H,26,27). The number of rotatable bonds is 3. The van der Waals surface area contributed by atoms with Gasteiger partial charge in [-0.3, -0.25) is 4.79 Å². The Hall–Kier alpha value is -2.52. The highest BCUT2D eigenvalue weighted by Gasteiger charge is 2.31. The molecule has 2 aromatic carbocycles. The van der Waals surface area contributed by atoms with Crippen LogP contribution in [0, 0.1) is 18.6 Å². The van der Waals surface area contributed by atoms with Crippen LogP contribution in [0.1, 0.15) is 20.9 Å². The van der Waals surface area contributed by atoms with Gasteiger partial charge in [-0.05, 0) is 37.3 Å². The number of nitrogens with one attached hydrogen (secondary N) is 1. The van der Waals surface area contributed by atoms with Gasteiger partial charge < -0.3 is 5.32 Å². The molecule has 28 heavy (non-hydrogen) atoms. The second-order valence-corrected chi connectivity index (χ2v) is 7.08. The Morgan fingerprint density at radius 1 is 1.14 bits per heavy atom. The van der Waals surface area contributed by atoms with E-state index in [1.807, 2.05) is 0 Å². The zero-order valence-corrected chi connectivity index (χ0v) is 15.6. The maximum absolute atomic E-state index is 13.7. The molecule has 3 nitrogen and oxygen atoms in total. The highest BCUT2D eigenvalue weighted by Crippen LogP contribution is 2.38. The maximum Gasteiger partial charge on any atom is 0.416 e. The molecule has 0 aliphatic rings. The van der Waals surface area contributed by atoms with E-state index in [2.05, 4.69) is 10.3 Å². The van der Waals surface area contributed by atoms with E-state index in [9.17, 15) is 26.7 Å². The Labute approximate surface area is 164 Å². The van der Waals surface area contributed by atoms with Gasteiger partial charge in [0.25, 0.3) is 5.91 Å². The SMILES string of the molecule is Cc1nc(-c2cc(C(F)(F)F)ccc2Cl)sc1C(=O)Nc1c(F)cccc1F. The molecule has 3 rings (SSSR count). The zero-order chi connectivity index (χ0) is 20.6. The fourth-order valence-corrected chi connectivity index (χ4v) is 3.63. The third kappa shape index (κ3) is 4.00. The van der Waals surface area contributed by atoms with Crippen LogP contribution in [0.5, 0.6) is 0 Å². The molecular weight excluding hydrogens is 423 g/mol. The van der Waals surface area contributed by atoms with Gasteiger partial charge in [0.15, 0.2) is 0 Å². The number of aryl methyl sites for hydroxylation is 1. The molecule has 10 heteroatoms. The van der Waals surface area contributed by atoms with E-state index in [4.69, 9.17) is 11.6 Å². The molecule has 1 amide bonds. The van der Waals surface area contributed by atoms with Gasteiger partial charge in [0.2, 0.25) is 0 Å². The number of carbonyl (C=O) groups excluding carboxylic acids is 1. The summed E-state index contributed by atoms with van der Waals surface area (Å²) < 4.78 is 66.3. The van der Waals surface area contributed by atoms with E-state index in [1.165, 1.54) is 6.92 Å². The summed E-state index contributed by atoms with van der Waals surface area (Å²) in [6.45, 7) is 1.45. The van der Waals surface area contributed by atoms with E-state index in [0.717, 1.165) is 47.7 Å². The lowest BCUT2D eigenvalue weighted by Crippen LogP contribution is -2.14. The first kappa shape index (κ1) is 20.2. The largest absolute Gasteiger partial charge is 0.416 e. The Kier molecular flexibility index (Phi) is 5.40. The first-order valence-electron chi connectivity index (χ1n) is 7.68.